The Bertz CT molecular complexity index is 345. The summed E-state index contributed by atoms with van der Waals surface area (Å²) in [6.45, 7) is 4.43. The van der Waals surface area contributed by atoms with E-state index in [-0.39, 0.29) is 24.9 Å². The number of hydrogen-bond donors (Lipinski definition) is 1. The van der Waals surface area contributed by atoms with Crippen molar-refractivity contribution in [1.29, 1.82) is 0 Å². The lowest BCUT2D eigenvalue weighted by molar-refractivity contribution is -0.146. The molecule has 0 rings (SSSR count). The van der Waals surface area contributed by atoms with Crippen LogP contribution in [0.2, 0.25) is 0 Å². The average Bonchev–Trinajstić information content (AvgIpc) is 2.36. The summed E-state index contributed by atoms with van der Waals surface area (Å²) in [5.41, 5.74) is 0. The van der Waals surface area contributed by atoms with Crippen molar-refractivity contribution in [2.45, 2.75) is 26.3 Å². The van der Waals surface area contributed by atoms with Gasteiger partial charge >= 0.3 is 5.97 Å². The zero-order valence-electron chi connectivity index (χ0n) is 12.9. The Morgan fingerprint density at radius 1 is 1.25 bits per heavy atom. The zero-order valence-corrected chi connectivity index (χ0v) is 12.9. The summed E-state index contributed by atoms with van der Waals surface area (Å²) >= 11 is 0. The molecule has 1 atom stereocenters. The molecule has 0 bridgehead atoms. The molecule has 1 N–H and O–H groups in total. The first-order valence-electron chi connectivity index (χ1n) is 6.59. The van der Waals surface area contributed by atoms with Gasteiger partial charge < -0.3 is 15.0 Å². The van der Waals surface area contributed by atoms with Crippen LogP contribution >= 0.6 is 0 Å². The number of hydrogen-bond acceptors (Lipinski definition) is 5. The summed E-state index contributed by atoms with van der Waals surface area (Å²) < 4.78 is 4.67. The molecule has 0 heterocycles. The van der Waals surface area contributed by atoms with Gasteiger partial charge in [0, 0.05) is 27.6 Å². The number of methoxy groups -OCH3 is 1. The number of ether oxygens (including phenoxy) is 1. The molecule has 0 saturated carbocycles. The second-order valence-corrected chi connectivity index (χ2v) is 4.80. The molecule has 0 radical (unpaired) electrons. The summed E-state index contributed by atoms with van der Waals surface area (Å²) in [5, 5.41) is 2.54. The third kappa shape index (κ3) is 7.08. The van der Waals surface area contributed by atoms with Gasteiger partial charge in [-0.25, -0.2) is 4.79 Å². The van der Waals surface area contributed by atoms with Crippen molar-refractivity contribution in [3.63, 3.8) is 0 Å². The van der Waals surface area contributed by atoms with Crippen LogP contribution in [0.1, 0.15) is 20.3 Å². The van der Waals surface area contributed by atoms with Crippen LogP contribution in [-0.4, -0.2) is 74.5 Å². The molecule has 0 aromatic carbocycles. The van der Waals surface area contributed by atoms with Crippen molar-refractivity contribution in [3.8, 4) is 0 Å². The zero-order chi connectivity index (χ0) is 15.7. The van der Waals surface area contributed by atoms with Gasteiger partial charge in [0.1, 0.15) is 6.04 Å². The van der Waals surface area contributed by atoms with Gasteiger partial charge in [-0.2, -0.15) is 0 Å². The number of carbonyl (C=O) groups excluding carboxylic acids is 3. The Balaban J connectivity index is 4.75. The Kier molecular flexibility index (Phi) is 8.54. The van der Waals surface area contributed by atoms with E-state index in [0.29, 0.717) is 6.54 Å². The maximum Gasteiger partial charge on any atom is 0.329 e. The molecule has 20 heavy (non-hydrogen) atoms. The number of nitrogens with one attached hydrogen (secondary N) is 1. The molecule has 7 heteroatoms. The quantitative estimate of drug-likeness (QED) is 0.607. The van der Waals surface area contributed by atoms with Crippen molar-refractivity contribution >= 4 is 17.8 Å². The molecular formula is C13H25N3O4. The van der Waals surface area contributed by atoms with Gasteiger partial charge in [-0.15, -0.1) is 0 Å². The highest BCUT2D eigenvalue weighted by Crippen LogP contribution is 1.99. The highest BCUT2D eigenvalue weighted by atomic mass is 16.5. The van der Waals surface area contributed by atoms with Gasteiger partial charge in [-0.3, -0.25) is 14.5 Å². The molecule has 0 aliphatic heterocycles. The molecule has 1 unspecified atom stereocenters. The van der Waals surface area contributed by atoms with Gasteiger partial charge in [0.05, 0.1) is 13.7 Å². The summed E-state index contributed by atoms with van der Waals surface area (Å²) in [4.78, 5) is 37.9. The highest BCUT2D eigenvalue weighted by molar-refractivity contribution is 5.83. The minimum atomic E-state index is -0.765. The number of esters is 1. The van der Waals surface area contributed by atoms with Crippen LogP contribution in [0.5, 0.6) is 0 Å². The summed E-state index contributed by atoms with van der Waals surface area (Å²) in [6.07, 6.45) is 0.842. The Labute approximate surface area is 120 Å². The van der Waals surface area contributed by atoms with Gasteiger partial charge in [-0.1, -0.05) is 6.92 Å². The predicted molar refractivity (Wildman–Crippen MR) is 75.0 cm³/mol. The van der Waals surface area contributed by atoms with Crippen LogP contribution in [0.4, 0.5) is 0 Å². The standard InChI is InChI=1S/C13H25N3O4/c1-6-7-16(9-12(18)15(3)4)8-11(13(19)20-5)14-10(2)17/h11H,6-9H2,1-5H3,(H,14,17). The third-order valence-corrected chi connectivity index (χ3v) is 2.70. The topological polar surface area (TPSA) is 79.0 Å². The fourth-order valence-corrected chi connectivity index (χ4v) is 1.71. The van der Waals surface area contributed by atoms with Crippen LogP contribution in [0.15, 0.2) is 0 Å². The van der Waals surface area contributed by atoms with Crippen molar-refractivity contribution in [3.05, 3.63) is 0 Å². The van der Waals surface area contributed by atoms with E-state index in [1.165, 1.54) is 18.9 Å². The summed E-state index contributed by atoms with van der Waals surface area (Å²) in [5.74, 6) is -0.876. The predicted octanol–water partition coefficient (Wildman–Crippen LogP) is -0.536. The van der Waals surface area contributed by atoms with Gasteiger partial charge in [0.2, 0.25) is 11.8 Å². The maximum atomic E-state index is 11.8. The van der Waals surface area contributed by atoms with E-state index in [1.54, 1.807) is 14.1 Å². The fourth-order valence-electron chi connectivity index (χ4n) is 1.71. The van der Waals surface area contributed by atoms with E-state index >= 15 is 0 Å². The van der Waals surface area contributed by atoms with Crippen LogP contribution in [0.3, 0.4) is 0 Å². The van der Waals surface area contributed by atoms with Crippen molar-refractivity contribution in [2.24, 2.45) is 0 Å². The second kappa shape index (κ2) is 9.30. The molecule has 116 valence electrons. The van der Waals surface area contributed by atoms with Crippen molar-refractivity contribution in [2.75, 3.05) is 40.8 Å². The SMILES string of the molecule is CCCN(CC(=O)N(C)C)CC(NC(C)=O)C(=O)OC. The number of nitrogens with zero attached hydrogens (tertiary/aromatic N) is 2. The molecular weight excluding hydrogens is 262 g/mol. The highest BCUT2D eigenvalue weighted by Gasteiger charge is 2.24. The Hall–Kier alpha value is -1.63. The molecule has 7 nitrogen and oxygen atoms in total. The van der Waals surface area contributed by atoms with E-state index < -0.39 is 12.0 Å². The van der Waals surface area contributed by atoms with Crippen LogP contribution in [-0.2, 0) is 19.1 Å². The number of rotatable bonds is 8. The lowest BCUT2D eigenvalue weighted by Gasteiger charge is -2.26. The minimum absolute atomic E-state index is 0.0510. The Morgan fingerprint density at radius 2 is 1.85 bits per heavy atom. The number of amides is 2. The van der Waals surface area contributed by atoms with Crippen molar-refractivity contribution in [1.82, 2.24) is 15.1 Å². The number of likely N-dealkylation sites (N-methyl/N-ethyl adjacent to an activating group) is 1. The molecule has 0 aliphatic carbocycles. The van der Waals surface area contributed by atoms with E-state index in [9.17, 15) is 14.4 Å². The van der Waals surface area contributed by atoms with Crippen LogP contribution in [0.25, 0.3) is 0 Å². The van der Waals surface area contributed by atoms with Gasteiger partial charge in [0.25, 0.3) is 0 Å². The molecule has 0 spiro atoms. The van der Waals surface area contributed by atoms with E-state index in [1.807, 2.05) is 11.8 Å². The lowest BCUT2D eigenvalue weighted by atomic mass is 10.2. The Morgan fingerprint density at radius 3 is 2.25 bits per heavy atom. The lowest BCUT2D eigenvalue weighted by Crippen LogP contribution is -2.50. The smallest absolute Gasteiger partial charge is 0.329 e. The van der Waals surface area contributed by atoms with Crippen LogP contribution < -0.4 is 5.32 Å². The second-order valence-electron chi connectivity index (χ2n) is 4.80. The maximum absolute atomic E-state index is 11.8. The summed E-state index contributed by atoms with van der Waals surface area (Å²) in [6, 6.07) is -0.765. The number of carbonyl (C=O) groups is 3. The molecule has 0 saturated heterocycles. The average molecular weight is 287 g/mol. The fraction of sp³-hybridized carbons (Fsp3) is 0.769. The first kappa shape index (κ1) is 18.4. The molecule has 0 fully saturated rings. The van der Waals surface area contributed by atoms with Gasteiger partial charge in [-0.05, 0) is 13.0 Å². The van der Waals surface area contributed by atoms with Gasteiger partial charge in [0.15, 0.2) is 0 Å². The van der Waals surface area contributed by atoms with E-state index in [2.05, 4.69) is 10.1 Å². The third-order valence-electron chi connectivity index (χ3n) is 2.70. The molecule has 0 aromatic heterocycles. The largest absolute Gasteiger partial charge is 0.467 e. The monoisotopic (exact) mass is 287 g/mol. The normalized spacial score (nSPS) is 11.9. The molecule has 0 aliphatic rings. The molecule has 2 amide bonds. The first-order chi connectivity index (χ1) is 9.31. The molecule has 0 aromatic rings. The summed E-state index contributed by atoms with van der Waals surface area (Å²) in [7, 11) is 4.63. The van der Waals surface area contributed by atoms with E-state index in [0.717, 1.165) is 6.42 Å². The van der Waals surface area contributed by atoms with Crippen molar-refractivity contribution < 1.29 is 19.1 Å². The minimum Gasteiger partial charge on any atom is -0.467 e. The van der Waals surface area contributed by atoms with E-state index in [4.69, 9.17) is 0 Å². The van der Waals surface area contributed by atoms with Crippen LogP contribution in [0, 0.1) is 0 Å². The first-order valence-corrected chi connectivity index (χ1v) is 6.59.